The highest BCUT2D eigenvalue weighted by Gasteiger charge is 2.24. The number of carbonyl (C=O) groups excluding carboxylic acids is 2. The summed E-state index contributed by atoms with van der Waals surface area (Å²) in [6.45, 7) is 1.26. The maximum absolute atomic E-state index is 12.3. The van der Waals surface area contributed by atoms with Gasteiger partial charge in [0, 0.05) is 6.07 Å². The number of benzene rings is 2. The van der Waals surface area contributed by atoms with E-state index in [2.05, 4.69) is 21.2 Å². The molecular weight excluding hydrogens is 454 g/mol. The highest BCUT2D eigenvalue weighted by molar-refractivity contribution is 9.10. The number of halogens is 1. The predicted molar refractivity (Wildman–Crippen MR) is 104 cm³/mol. The molecule has 0 aliphatic rings. The molecule has 11 nitrogen and oxygen atoms in total. The number of carbonyl (C=O) groups is 2. The number of anilines is 1. The summed E-state index contributed by atoms with van der Waals surface area (Å²) in [5.74, 6) is -1.56. The Balaban J connectivity index is 2.14. The zero-order chi connectivity index (χ0) is 21.7. The van der Waals surface area contributed by atoms with Crippen molar-refractivity contribution >= 4 is 44.9 Å². The second-order valence-corrected chi connectivity index (χ2v) is 6.45. The van der Waals surface area contributed by atoms with Crippen LogP contribution in [0.4, 0.5) is 17.1 Å². The van der Waals surface area contributed by atoms with Gasteiger partial charge in [0.05, 0.1) is 33.1 Å². The van der Waals surface area contributed by atoms with Gasteiger partial charge in [-0.3, -0.25) is 25.0 Å². The lowest BCUT2D eigenvalue weighted by molar-refractivity contribution is -0.385. The van der Waals surface area contributed by atoms with Gasteiger partial charge in [0.15, 0.2) is 6.10 Å². The molecule has 2 rings (SSSR count). The van der Waals surface area contributed by atoms with Crippen LogP contribution >= 0.6 is 15.9 Å². The van der Waals surface area contributed by atoms with Crippen molar-refractivity contribution in [2.24, 2.45) is 0 Å². The van der Waals surface area contributed by atoms with E-state index in [1.807, 2.05) is 0 Å². The molecule has 0 bridgehead atoms. The first-order valence-corrected chi connectivity index (χ1v) is 8.71. The fourth-order valence-corrected chi connectivity index (χ4v) is 2.58. The van der Waals surface area contributed by atoms with E-state index in [4.69, 9.17) is 9.47 Å². The smallest absolute Gasteiger partial charge is 0.339 e. The van der Waals surface area contributed by atoms with Crippen molar-refractivity contribution in [2.45, 2.75) is 13.0 Å². The number of hydrogen-bond donors (Lipinski definition) is 1. The fourth-order valence-electron chi connectivity index (χ4n) is 2.19. The van der Waals surface area contributed by atoms with Crippen molar-refractivity contribution < 1.29 is 28.9 Å². The molecule has 1 N–H and O–H groups in total. The number of nitrogens with zero attached hydrogens (tertiary/aromatic N) is 2. The second kappa shape index (κ2) is 9.10. The number of nitro benzene ring substituents is 2. The number of ether oxygens (including phenoxy) is 2. The van der Waals surface area contributed by atoms with E-state index in [1.165, 1.54) is 38.3 Å². The van der Waals surface area contributed by atoms with Crippen LogP contribution in [0.5, 0.6) is 5.75 Å². The summed E-state index contributed by atoms with van der Waals surface area (Å²) in [6.07, 6.45) is -1.33. The van der Waals surface area contributed by atoms with E-state index < -0.39 is 33.5 Å². The van der Waals surface area contributed by atoms with Crippen LogP contribution in [0.15, 0.2) is 40.9 Å². The summed E-state index contributed by atoms with van der Waals surface area (Å²) in [5, 5.41) is 24.4. The van der Waals surface area contributed by atoms with E-state index in [9.17, 15) is 29.8 Å². The molecule has 0 heterocycles. The van der Waals surface area contributed by atoms with Crippen LogP contribution in [0, 0.1) is 20.2 Å². The Morgan fingerprint density at radius 2 is 1.72 bits per heavy atom. The molecule has 0 spiro atoms. The largest absolute Gasteiger partial charge is 0.496 e. The molecule has 0 aromatic heterocycles. The first kappa shape index (κ1) is 21.8. The molecule has 0 aliphatic heterocycles. The number of amides is 1. The van der Waals surface area contributed by atoms with Crippen molar-refractivity contribution in [3.05, 3.63) is 66.7 Å². The maximum Gasteiger partial charge on any atom is 0.339 e. The normalized spacial score (nSPS) is 11.3. The summed E-state index contributed by atoms with van der Waals surface area (Å²) >= 11 is 3.00. The van der Waals surface area contributed by atoms with Gasteiger partial charge in [-0.15, -0.1) is 0 Å². The molecule has 0 aliphatic carbocycles. The Labute approximate surface area is 172 Å². The lowest BCUT2D eigenvalue weighted by atomic mass is 10.2. The molecule has 1 atom stereocenters. The summed E-state index contributed by atoms with van der Waals surface area (Å²) in [4.78, 5) is 45.2. The molecule has 12 heteroatoms. The standard InChI is InChI=1S/C17H14BrN3O8/c1-9(29-17(23)10-3-5-12(18)14(7-10)20(24)25)16(22)19-13-6-4-11(28-2)8-15(13)21(26)27/h3-9H,1-2H3,(H,19,22). The van der Waals surface area contributed by atoms with Crippen molar-refractivity contribution in [1.82, 2.24) is 0 Å². The number of nitro groups is 2. The third-order valence-corrected chi connectivity index (χ3v) is 4.36. The number of esters is 1. The van der Waals surface area contributed by atoms with Gasteiger partial charge in [-0.25, -0.2) is 4.79 Å². The van der Waals surface area contributed by atoms with Crippen LogP contribution in [0.2, 0.25) is 0 Å². The minimum atomic E-state index is -1.33. The Bertz CT molecular complexity index is 995. The van der Waals surface area contributed by atoms with E-state index in [0.717, 1.165) is 12.1 Å². The quantitative estimate of drug-likeness (QED) is 0.369. The second-order valence-electron chi connectivity index (χ2n) is 5.60. The average Bonchev–Trinajstić information content (AvgIpc) is 2.67. The lowest BCUT2D eigenvalue weighted by Crippen LogP contribution is -2.30. The third-order valence-electron chi connectivity index (χ3n) is 3.69. The van der Waals surface area contributed by atoms with E-state index in [1.54, 1.807) is 0 Å². The third kappa shape index (κ3) is 5.25. The molecule has 2 aromatic rings. The summed E-state index contributed by atoms with van der Waals surface area (Å²) in [7, 11) is 1.34. The van der Waals surface area contributed by atoms with Crippen LogP contribution in [0.3, 0.4) is 0 Å². The SMILES string of the molecule is COc1ccc(NC(=O)C(C)OC(=O)c2ccc(Br)c([N+](=O)[O-])c2)c([N+](=O)[O-])c1. The molecular formula is C17H14BrN3O8. The minimum absolute atomic E-state index is 0.108. The Hall–Kier alpha value is -3.54. The van der Waals surface area contributed by atoms with E-state index in [0.29, 0.717) is 0 Å². The van der Waals surface area contributed by atoms with Gasteiger partial charge < -0.3 is 14.8 Å². The molecule has 29 heavy (non-hydrogen) atoms. The maximum atomic E-state index is 12.3. The molecule has 1 amide bonds. The Morgan fingerprint density at radius 3 is 2.31 bits per heavy atom. The van der Waals surface area contributed by atoms with Crippen LogP contribution in [0.25, 0.3) is 0 Å². The van der Waals surface area contributed by atoms with Gasteiger partial charge in [0.25, 0.3) is 17.3 Å². The zero-order valence-electron chi connectivity index (χ0n) is 15.1. The van der Waals surface area contributed by atoms with Crippen LogP contribution in [0.1, 0.15) is 17.3 Å². The Morgan fingerprint density at radius 1 is 1.07 bits per heavy atom. The molecule has 0 fully saturated rings. The van der Waals surface area contributed by atoms with Gasteiger partial charge in [0.1, 0.15) is 11.4 Å². The first-order chi connectivity index (χ1) is 13.6. The van der Waals surface area contributed by atoms with Crippen molar-refractivity contribution in [2.75, 3.05) is 12.4 Å². The molecule has 152 valence electrons. The average molecular weight is 468 g/mol. The first-order valence-electron chi connectivity index (χ1n) is 7.92. The number of hydrogen-bond acceptors (Lipinski definition) is 8. The topological polar surface area (TPSA) is 151 Å². The molecule has 2 aromatic carbocycles. The van der Waals surface area contributed by atoms with Gasteiger partial charge >= 0.3 is 5.97 Å². The minimum Gasteiger partial charge on any atom is -0.496 e. The molecule has 0 saturated carbocycles. The van der Waals surface area contributed by atoms with Crippen molar-refractivity contribution in [3.63, 3.8) is 0 Å². The van der Waals surface area contributed by atoms with E-state index in [-0.39, 0.29) is 27.2 Å². The Kier molecular flexibility index (Phi) is 6.83. The van der Waals surface area contributed by atoms with E-state index >= 15 is 0 Å². The lowest BCUT2D eigenvalue weighted by Gasteiger charge is -2.14. The highest BCUT2D eigenvalue weighted by atomic mass is 79.9. The highest BCUT2D eigenvalue weighted by Crippen LogP contribution is 2.29. The summed E-state index contributed by atoms with van der Waals surface area (Å²) in [5.41, 5.74) is -0.983. The van der Waals surface area contributed by atoms with Gasteiger partial charge in [-0.1, -0.05) is 0 Å². The van der Waals surface area contributed by atoms with Crippen molar-refractivity contribution in [3.8, 4) is 5.75 Å². The van der Waals surface area contributed by atoms with Crippen LogP contribution < -0.4 is 10.1 Å². The van der Waals surface area contributed by atoms with Crippen molar-refractivity contribution in [1.29, 1.82) is 0 Å². The van der Waals surface area contributed by atoms with Gasteiger partial charge in [-0.2, -0.15) is 0 Å². The summed E-state index contributed by atoms with van der Waals surface area (Å²) in [6, 6.07) is 7.43. The predicted octanol–water partition coefficient (Wildman–Crippen LogP) is 3.46. The monoisotopic (exact) mass is 467 g/mol. The fraction of sp³-hybridized carbons (Fsp3) is 0.176. The van der Waals surface area contributed by atoms with Crippen LogP contribution in [-0.2, 0) is 9.53 Å². The van der Waals surface area contributed by atoms with Gasteiger partial charge in [0.2, 0.25) is 0 Å². The molecule has 0 radical (unpaired) electrons. The number of methoxy groups -OCH3 is 1. The molecule has 0 saturated heterocycles. The number of nitrogens with one attached hydrogen (secondary N) is 1. The zero-order valence-corrected chi connectivity index (χ0v) is 16.7. The van der Waals surface area contributed by atoms with Gasteiger partial charge in [-0.05, 0) is 47.1 Å². The number of rotatable bonds is 7. The molecule has 1 unspecified atom stereocenters. The summed E-state index contributed by atoms with van der Waals surface area (Å²) < 4.78 is 10.1. The van der Waals surface area contributed by atoms with Crippen LogP contribution in [-0.4, -0.2) is 34.9 Å².